The second kappa shape index (κ2) is 13.4. The SMILES string of the molecule is CCNC(=NCc1ccc(N(CC)CC)c(F)c1)NC1CCN(S(=O)(=O)CC)CC1.I. The lowest BCUT2D eigenvalue weighted by Gasteiger charge is -2.32. The molecule has 1 fully saturated rings. The van der Waals surface area contributed by atoms with Crippen molar-refractivity contribution in [1.82, 2.24) is 14.9 Å². The highest BCUT2D eigenvalue weighted by Gasteiger charge is 2.27. The summed E-state index contributed by atoms with van der Waals surface area (Å²) in [7, 11) is -3.13. The molecule has 2 N–H and O–H groups in total. The van der Waals surface area contributed by atoms with Gasteiger partial charge in [0.25, 0.3) is 0 Å². The fourth-order valence-electron chi connectivity index (χ4n) is 3.61. The van der Waals surface area contributed by atoms with Gasteiger partial charge in [0, 0.05) is 38.8 Å². The van der Waals surface area contributed by atoms with Crippen molar-refractivity contribution in [2.75, 3.05) is 43.4 Å². The molecule has 10 heteroatoms. The normalized spacial score (nSPS) is 16.0. The molecule has 0 atom stereocenters. The number of piperidine rings is 1. The van der Waals surface area contributed by atoms with Crippen LogP contribution in [0.1, 0.15) is 46.1 Å². The van der Waals surface area contributed by atoms with E-state index in [4.69, 9.17) is 0 Å². The highest BCUT2D eigenvalue weighted by molar-refractivity contribution is 14.0. The number of sulfonamides is 1. The molecular formula is C21H37FIN5O2S. The maximum absolute atomic E-state index is 14.5. The maximum Gasteiger partial charge on any atom is 0.213 e. The summed E-state index contributed by atoms with van der Waals surface area (Å²) in [4.78, 5) is 6.59. The van der Waals surface area contributed by atoms with Crippen LogP contribution in [0.25, 0.3) is 0 Å². The third-order valence-corrected chi connectivity index (χ3v) is 7.31. The van der Waals surface area contributed by atoms with Crippen molar-refractivity contribution in [2.45, 2.75) is 53.1 Å². The van der Waals surface area contributed by atoms with E-state index in [-0.39, 0.29) is 41.6 Å². The number of hydrogen-bond donors (Lipinski definition) is 2. The molecule has 2 rings (SSSR count). The molecule has 31 heavy (non-hydrogen) atoms. The Hall–Kier alpha value is -1.14. The summed E-state index contributed by atoms with van der Waals surface area (Å²) >= 11 is 0. The van der Waals surface area contributed by atoms with E-state index in [2.05, 4.69) is 15.6 Å². The Morgan fingerprint density at radius 2 is 1.84 bits per heavy atom. The Bertz CT molecular complexity index is 810. The smallest absolute Gasteiger partial charge is 0.213 e. The Labute approximate surface area is 203 Å². The Morgan fingerprint density at radius 3 is 2.35 bits per heavy atom. The lowest BCUT2D eigenvalue weighted by Crippen LogP contribution is -2.50. The lowest BCUT2D eigenvalue weighted by atomic mass is 10.1. The van der Waals surface area contributed by atoms with Crippen molar-refractivity contribution in [3.8, 4) is 0 Å². The third-order valence-electron chi connectivity index (χ3n) is 5.43. The van der Waals surface area contributed by atoms with Gasteiger partial charge in [-0.15, -0.1) is 24.0 Å². The lowest BCUT2D eigenvalue weighted by molar-refractivity contribution is 0.306. The monoisotopic (exact) mass is 569 g/mol. The van der Waals surface area contributed by atoms with Gasteiger partial charge in [-0.1, -0.05) is 6.07 Å². The number of benzene rings is 1. The van der Waals surface area contributed by atoms with E-state index >= 15 is 0 Å². The maximum atomic E-state index is 14.5. The van der Waals surface area contributed by atoms with Gasteiger partial charge in [-0.2, -0.15) is 0 Å². The van der Waals surface area contributed by atoms with Crippen molar-refractivity contribution < 1.29 is 12.8 Å². The minimum atomic E-state index is -3.13. The quantitative estimate of drug-likeness (QED) is 0.272. The van der Waals surface area contributed by atoms with Gasteiger partial charge in [-0.05, 0) is 58.2 Å². The molecule has 1 saturated heterocycles. The standard InChI is InChI=1S/C21H36FN5O2S.HI/c1-5-23-21(25-18-11-13-27(14-12-18)30(28,29)8-4)24-16-17-9-10-20(19(22)15-17)26(6-2)7-3;/h9-10,15,18H,5-8,11-14,16H2,1-4H3,(H2,23,24,25);1H. The summed E-state index contributed by atoms with van der Waals surface area (Å²) in [5, 5.41) is 6.62. The highest BCUT2D eigenvalue weighted by Crippen LogP contribution is 2.21. The van der Waals surface area contributed by atoms with Crippen LogP contribution < -0.4 is 15.5 Å². The Balaban J connectivity index is 0.00000480. The highest BCUT2D eigenvalue weighted by atomic mass is 127. The number of halogens is 2. The summed E-state index contributed by atoms with van der Waals surface area (Å²) in [6, 6.07) is 5.44. The first-order valence-electron chi connectivity index (χ1n) is 10.9. The van der Waals surface area contributed by atoms with Crippen LogP contribution in [0.2, 0.25) is 0 Å². The van der Waals surface area contributed by atoms with Gasteiger partial charge in [-0.3, -0.25) is 0 Å². The van der Waals surface area contributed by atoms with Gasteiger partial charge in [-0.25, -0.2) is 22.1 Å². The van der Waals surface area contributed by atoms with Crippen LogP contribution in [0.5, 0.6) is 0 Å². The largest absolute Gasteiger partial charge is 0.370 e. The summed E-state index contributed by atoms with van der Waals surface area (Å²) in [5.74, 6) is 0.579. The molecular weight excluding hydrogens is 532 g/mol. The molecule has 0 bridgehead atoms. The molecule has 7 nitrogen and oxygen atoms in total. The minimum Gasteiger partial charge on any atom is -0.370 e. The van der Waals surface area contributed by atoms with E-state index in [0.29, 0.717) is 37.8 Å². The van der Waals surface area contributed by atoms with Gasteiger partial charge in [0.2, 0.25) is 10.0 Å². The molecule has 1 aromatic carbocycles. The van der Waals surface area contributed by atoms with Gasteiger partial charge in [0.15, 0.2) is 5.96 Å². The van der Waals surface area contributed by atoms with Crippen molar-refractivity contribution in [1.29, 1.82) is 0 Å². The molecule has 0 unspecified atom stereocenters. The van der Waals surface area contributed by atoms with Crippen molar-refractivity contribution in [3.63, 3.8) is 0 Å². The number of nitrogens with one attached hydrogen (secondary N) is 2. The van der Waals surface area contributed by atoms with Crippen LogP contribution in [0.3, 0.4) is 0 Å². The van der Waals surface area contributed by atoms with Gasteiger partial charge in [0.1, 0.15) is 5.82 Å². The minimum absolute atomic E-state index is 0. The number of guanidine groups is 1. The zero-order valence-electron chi connectivity index (χ0n) is 19.0. The molecule has 1 aliphatic heterocycles. The first-order chi connectivity index (χ1) is 14.3. The average molecular weight is 570 g/mol. The molecule has 0 aliphatic carbocycles. The summed E-state index contributed by atoms with van der Waals surface area (Å²) in [6.07, 6.45) is 1.47. The molecule has 0 saturated carbocycles. The molecule has 178 valence electrons. The van der Waals surface area contributed by atoms with Crippen LogP contribution in [0.4, 0.5) is 10.1 Å². The fourth-order valence-corrected chi connectivity index (χ4v) is 4.75. The summed E-state index contributed by atoms with van der Waals surface area (Å²) < 4.78 is 40.1. The van der Waals surface area contributed by atoms with E-state index in [1.165, 1.54) is 0 Å². The Kier molecular flexibility index (Phi) is 12.1. The van der Waals surface area contributed by atoms with E-state index in [1.807, 2.05) is 37.8 Å². The average Bonchev–Trinajstić information content (AvgIpc) is 2.74. The fraction of sp³-hybridized carbons (Fsp3) is 0.667. The van der Waals surface area contributed by atoms with Crippen molar-refractivity contribution >= 4 is 45.6 Å². The van der Waals surface area contributed by atoms with Crippen LogP contribution in [0.15, 0.2) is 23.2 Å². The van der Waals surface area contributed by atoms with Crippen LogP contribution >= 0.6 is 24.0 Å². The van der Waals surface area contributed by atoms with Crippen LogP contribution in [-0.2, 0) is 16.6 Å². The summed E-state index contributed by atoms with van der Waals surface area (Å²) in [5.41, 5.74) is 1.43. The van der Waals surface area contributed by atoms with E-state index in [1.54, 1.807) is 17.3 Å². The second-order valence-electron chi connectivity index (χ2n) is 7.37. The number of hydrogen-bond acceptors (Lipinski definition) is 4. The first-order valence-corrected chi connectivity index (χ1v) is 12.5. The number of aliphatic imine (C=N–C) groups is 1. The predicted octanol–water partition coefficient (Wildman–Crippen LogP) is 3.16. The van der Waals surface area contributed by atoms with Gasteiger partial charge in [0.05, 0.1) is 18.0 Å². The molecule has 1 aromatic rings. The topological polar surface area (TPSA) is 77.0 Å². The van der Waals surface area contributed by atoms with E-state index < -0.39 is 10.0 Å². The van der Waals surface area contributed by atoms with E-state index in [0.717, 1.165) is 31.5 Å². The van der Waals surface area contributed by atoms with E-state index in [9.17, 15) is 12.8 Å². The number of rotatable bonds is 9. The number of anilines is 1. The second-order valence-corrected chi connectivity index (χ2v) is 9.63. The van der Waals surface area contributed by atoms with Gasteiger partial charge >= 0.3 is 0 Å². The molecule has 1 heterocycles. The molecule has 0 aromatic heterocycles. The van der Waals surface area contributed by atoms with Crippen LogP contribution in [-0.4, -0.2) is 63.2 Å². The summed E-state index contributed by atoms with van der Waals surface area (Å²) in [6.45, 7) is 11.3. The predicted molar refractivity (Wildman–Crippen MR) is 137 cm³/mol. The van der Waals surface area contributed by atoms with Crippen molar-refractivity contribution in [2.24, 2.45) is 4.99 Å². The molecule has 0 amide bonds. The molecule has 1 aliphatic rings. The van der Waals surface area contributed by atoms with Crippen LogP contribution in [0, 0.1) is 5.82 Å². The molecule has 0 spiro atoms. The van der Waals surface area contributed by atoms with Crippen molar-refractivity contribution in [3.05, 3.63) is 29.6 Å². The van der Waals surface area contributed by atoms with Gasteiger partial charge < -0.3 is 15.5 Å². The number of nitrogens with zero attached hydrogens (tertiary/aromatic N) is 3. The third kappa shape index (κ3) is 8.05. The first kappa shape index (κ1) is 27.9. The molecule has 0 radical (unpaired) electrons. The zero-order valence-corrected chi connectivity index (χ0v) is 22.2. The Morgan fingerprint density at radius 1 is 1.19 bits per heavy atom. The zero-order chi connectivity index (χ0) is 22.1.